The maximum absolute atomic E-state index is 11.1. The monoisotopic (exact) mass is 573 g/mol. The van der Waals surface area contributed by atoms with Crippen molar-refractivity contribution in [3.63, 3.8) is 0 Å². The van der Waals surface area contributed by atoms with E-state index in [1.165, 1.54) is 26.0 Å². The van der Waals surface area contributed by atoms with Crippen molar-refractivity contribution in [3.8, 4) is 0 Å². The van der Waals surface area contributed by atoms with E-state index in [-0.39, 0.29) is 40.0 Å². The van der Waals surface area contributed by atoms with Crippen LogP contribution in [0.25, 0.3) is 4.72 Å². The molecular formula is C17H19Cl3NNaO11S. The second kappa shape index (κ2) is 13.2. The van der Waals surface area contributed by atoms with E-state index in [1.54, 1.807) is 12.1 Å². The molecule has 1 amide bonds. The van der Waals surface area contributed by atoms with Crippen LogP contribution in [0.2, 0.25) is 0 Å². The fraction of sp³-hybridized carbons (Fsp3) is 0.412. The molecule has 17 heteroatoms. The first-order valence-electron chi connectivity index (χ1n) is 8.44. The van der Waals surface area contributed by atoms with Crippen molar-refractivity contribution < 1.29 is 82.7 Å². The van der Waals surface area contributed by atoms with Crippen LogP contribution in [0.4, 0.5) is 0 Å². The quantitative estimate of drug-likeness (QED) is 0.207. The predicted octanol–water partition coefficient (Wildman–Crippen LogP) is -1.21. The molecular weight excluding hydrogens is 556 g/mol. The van der Waals surface area contributed by atoms with E-state index in [0.29, 0.717) is 0 Å². The van der Waals surface area contributed by atoms with Gasteiger partial charge in [0.05, 0.1) is 23.6 Å². The van der Waals surface area contributed by atoms with E-state index in [1.807, 2.05) is 0 Å². The van der Waals surface area contributed by atoms with E-state index < -0.39 is 61.7 Å². The Bertz CT molecular complexity index is 992. The number of halogens is 3. The molecule has 34 heavy (non-hydrogen) atoms. The van der Waals surface area contributed by atoms with Gasteiger partial charge in [0.15, 0.2) is 5.60 Å². The van der Waals surface area contributed by atoms with Crippen molar-refractivity contribution in [2.45, 2.75) is 46.6 Å². The first-order chi connectivity index (χ1) is 14.6. The molecule has 0 radical (unpaired) electrons. The van der Waals surface area contributed by atoms with Crippen LogP contribution in [0.5, 0.6) is 0 Å². The summed E-state index contributed by atoms with van der Waals surface area (Å²) in [6.45, 7) is 2.86. The summed E-state index contributed by atoms with van der Waals surface area (Å²) in [6, 6.07) is 5.99. The number of aliphatic carboxylic acids is 3. The van der Waals surface area contributed by atoms with Crippen molar-refractivity contribution in [1.82, 2.24) is 0 Å². The number of rotatable bonds is 5. The van der Waals surface area contributed by atoms with Crippen molar-refractivity contribution in [2.75, 3.05) is 0 Å². The average Bonchev–Trinajstić information content (AvgIpc) is 2.82. The van der Waals surface area contributed by atoms with Gasteiger partial charge in [-0.15, -0.1) is 0 Å². The molecule has 1 aliphatic heterocycles. The molecule has 0 saturated heterocycles. The first-order valence-corrected chi connectivity index (χ1v) is 11.0. The number of hydrogen-bond donors (Lipinski definition) is 5. The summed E-state index contributed by atoms with van der Waals surface area (Å²) in [5.41, 5.74) is -3.84. The van der Waals surface area contributed by atoms with Crippen LogP contribution < -0.4 is 29.6 Å². The molecule has 0 atom stereocenters. The minimum atomic E-state index is -3.68. The number of carboxylic acids is 3. The zero-order chi connectivity index (χ0) is 26.4. The van der Waals surface area contributed by atoms with Gasteiger partial charge < -0.3 is 35.0 Å². The third-order valence-corrected chi connectivity index (χ3v) is 6.28. The topological polar surface area (TPSA) is 218 Å². The van der Waals surface area contributed by atoms with E-state index in [0.717, 1.165) is 0 Å². The summed E-state index contributed by atoms with van der Waals surface area (Å²) in [6.07, 6.45) is -2.29. The Morgan fingerprint density at radius 2 is 1.32 bits per heavy atom. The van der Waals surface area contributed by atoms with Gasteiger partial charge in [-0.1, -0.05) is 53.0 Å². The second-order valence-electron chi connectivity index (χ2n) is 6.90. The predicted molar refractivity (Wildman–Crippen MR) is 115 cm³/mol. The molecule has 0 bridgehead atoms. The van der Waals surface area contributed by atoms with Gasteiger partial charge in [0.25, 0.3) is 0 Å². The van der Waals surface area contributed by atoms with Crippen LogP contribution in [0.1, 0.15) is 37.0 Å². The molecule has 1 aliphatic rings. The van der Waals surface area contributed by atoms with Gasteiger partial charge in [-0.3, -0.25) is 9.59 Å². The number of carboxylic acid groups (broad SMARTS) is 3. The van der Waals surface area contributed by atoms with Gasteiger partial charge in [0.2, 0.25) is 3.79 Å². The standard InChI is InChI=1S/C7H5NO3S.C6H8O7.C4H7Cl3O.Na/c9-7-5-3-1-2-4-6(5)12(10,11)8-7;7-3(8)1-6(13,5(11)12)2-4(9)10;1-3(2,8)4(5,6)7;/h1-4H,(H,8,9);13H,1-2H2,(H,7,8)(H,9,10)(H,11,12);8H,1-2H3;/q;;;+1/p-1. The van der Waals surface area contributed by atoms with E-state index in [9.17, 15) is 27.6 Å². The number of aliphatic hydroxyl groups is 2. The number of hydrogen-bond acceptors (Lipinski definition) is 8. The van der Waals surface area contributed by atoms with Crippen molar-refractivity contribution in [2.24, 2.45) is 0 Å². The maximum atomic E-state index is 11.1. The molecule has 0 aliphatic carbocycles. The zero-order valence-electron chi connectivity index (χ0n) is 17.9. The number of nitrogens with zero attached hydrogens (tertiary/aromatic N) is 1. The van der Waals surface area contributed by atoms with Crippen molar-refractivity contribution >= 4 is 68.6 Å². The molecule has 5 N–H and O–H groups in total. The smallest absolute Gasteiger partial charge is 0.537 e. The SMILES string of the molecule is CC(C)(O)C(Cl)(Cl)Cl.O=C(O)CC(O)(CC(=O)O)C(=O)O.O=C1[N-]S(=O)(=O)c2ccccc21.[Na+]. The zero-order valence-corrected chi connectivity index (χ0v) is 23.0. The van der Waals surface area contributed by atoms with E-state index >= 15 is 0 Å². The number of carbonyl (C=O) groups excluding carboxylic acids is 1. The number of sulfonamides is 1. The molecule has 0 saturated carbocycles. The maximum Gasteiger partial charge on any atom is 1.00 e. The molecule has 186 valence electrons. The molecule has 1 aromatic rings. The van der Waals surface area contributed by atoms with Crippen LogP contribution >= 0.6 is 34.8 Å². The summed E-state index contributed by atoms with van der Waals surface area (Å²) >= 11 is 15.9. The van der Waals surface area contributed by atoms with Crippen molar-refractivity contribution in [1.29, 1.82) is 0 Å². The van der Waals surface area contributed by atoms with Gasteiger partial charge >= 0.3 is 47.5 Å². The van der Waals surface area contributed by atoms with Gasteiger partial charge in [-0.2, -0.15) is 0 Å². The fourth-order valence-electron chi connectivity index (χ4n) is 1.79. The molecule has 0 aromatic heterocycles. The third-order valence-electron chi connectivity index (χ3n) is 3.58. The number of carbonyl (C=O) groups is 4. The average molecular weight is 575 g/mol. The summed E-state index contributed by atoms with van der Waals surface area (Å²) in [5.74, 6) is -5.69. The second-order valence-corrected chi connectivity index (χ2v) is 10.8. The number of benzene rings is 1. The Morgan fingerprint density at radius 1 is 0.941 bits per heavy atom. The Labute approximate surface area is 231 Å². The fourth-order valence-corrected chi connectivity index (χ4v) is 2.89. The van der Waals surface area contributed by atoms with Crippen molar-refractivity contribution in [3.05, 3.63) is 34.6 Å². The largest absolute Gasteiger partial charge is 1.00 e. The number of alkyl halides is 3. The van der Waals surface area contributed by atoms with Crippen LogP contribution in [-0.2, 0) is 24.4 Å². The van der Waals surface area contributed by atoms with Crippen LogP contribution in [-0.4, -0.2) is 72.8 Å². The van der Waals surface area contributed by atoms with E-state index in [4.69, 9.17) is 60.3 Å². The molecule has 1 aromatic carbocycles. The van der Waals surface area contributed by atoms with Gasteiger partial charge in [0, 0.05) is 5.56 Å². The number of fused-ring (bicyclic) bond motifs is 1. The normalized spacial score (nSPS) is 14.0. The molecule has 0 spiro atoms. The molecule has 2 rings (SSSR count). The summed E-state index contributed by atoms with van der Waals surface area (Å²) in [4.78, 5) is 41.4. The molecule has 0 fully saturated rings. The first kappa shape index (κ1) is 35.0. The van der Waals surface area contributed by atoms with Crippen LogP contribution in [0.15, 0.2) is 29.2 Å². The Kier molecular flexibility index (Phi) is 13.6. The Hall–Kier alpha value is -1.16. The summed E-state index contributed by atoms with van der Waals surface area (Å²) < 4.78 is 23.6. The van der Waals surface area contributed by atoms with E-state index in [2.05, 4.69) is 4.72 Å². The Balaban J connectivity index is 0. The minimum Gasteiger partial charge on any atom is -0.537 e. The summed E-state index contributed by atoms with van der Waals surface area (Å²) in [7, 11) is -3.68. The molecule has 0 unspecified atom stereocenters. The summed E-state index contributed by atoms with van der Waals surface area (Å²) in [5, 5.41) is 42.8. The molecule has 1 heterocycles. The molecule has 12 nitrogen and oxygen atoms in total. The van der Waals surface area contributed by atoms with Gasteiger partial charge in [-0.05, 0) is 19.9 Å². The Morgan fingerprint density at radius 3 is 1.62 bits per heavy atom. The third kappa shape index (κ3) is 11.1. The van der Waals surface area contributed by atoms with Gasteiger partial charge in [-0.25, -0.2) is 13.2 Å². The number of amides is 1. The van der Waals surface area contributed by atoms with Gasteiger partial charge in [0.1, 0.15) is 15.6 Å². The minimum absolute atomic E-state index is 0. The van der Waals surface area contributed by atoms with Crippen LogP contribution in [0.3, 0.4) is 0 Å². The van der Waals surface area contributed by atoms with Crippen LogP contribution in [0, 0.1) is 0 Å².